The minimum atomic E-state index is -4.29. The Balaban J connectivity index is 1.85. The highest BCUT2D eigenvalue weighted by atomic mass is 19.4. The van der Waals surface area contributed by atoms with Crippen LogP contribution in [0.1, 0.15) is 43.2 Å². The molecule has 1 spiro atoms. The van der Waals surface area contributed by atoms with Crippen molar-refractivity contribution in [3.05, 3.63) is 35.4 Å². The largest absolute Gasteiger partial charge is 0.416 e. The monoisotopic (exact) mass is 255 g/mol. The van der Waals surface area contributed by atoms with Gasteiger partial charge in [0.2, 0.25) is 0 Å². The smallest absolute Gasteiger partial charge is 0.321 e. The third kappa shape index (κ3) is 1.74. The fourth-order valence-corrected chi connectivity index (χ4v) is 3.53. The Hall–Kier alpha value is -1.03. The topological polar surface area (TPSA) is 26.0 Å². The number of rotatable bonds is 1. The summed E-state index contributed by atoms with van der Waals surface area (Å²) in [5, 5.41) is 0. The van der Waals surface area contributed by atoms with Crippen LogP contribution in [0.5, 0.6) is 0 Å². The summed E-state index contributed by atoms with van der Waals surface area (Å²) in [4.78, 5) is 0. The van der Waals surface area contributed by atoms with Gasteiger partial charge in [-0.2, -0.15) is 13.2 Å². The first-order chi connectivity index (χ1) is 8.33. The van der Waals surface area contributed by atoms with Crippen molar-refractivity contribution < 1.29 is 13.2 Å². The highest BCUT2D eigenvalue weighted by Gasteiger charge is 2.55. The fraction of sp³-hybridized carbons (Fsp3) is 0.571. The molecule has 1 nitrogen and oxygen atoms in total. The molecule has 0 heterocycles. The van der Waals surface area contributed by atoms with Crippen LogP contribution in [0.3, 0.4) is 0 Å². The van der Waals surface area contributed by atoms with Gasteiger partial charge in [0, 0.05) is 5.54 Å². The summed E-state index contributed by atoms with van der Waals surface area (Å²) in [5.74, 6) is 0. The van der Waals surface area contributed by atoms with E-state index in [1.807, 2.05) is 0 Å². The van der Waals surface area contributed by atoms with Crippen LogP contribution in [0, 0.1) is 5.41 Å². The van der Waals surface area contributed by atoms with Crippen molar-refractivity contribution in [3.63, 3.8) is 0 Å². The Morgan fingerprint density at radius 3 is 2.28 bits per heavy atom. The second kappa shape index (κ2) is 3.50. The van der Waals surface area contributed by atoms with Gasteiger partial charge < -0.3 is 5.73 Å². The van der Waals surface area contributed by atoms with Crippen molar-refractivity contribution in [3.8, 4) is 0 Å². The molecule has 1 aromatic carbocycles. The minimum absolute atomic E-state index is 0.350. The van der Waals surface area contributed by atoms with Gasteiger partial charge in [0.25, 0.3) is 0 Å². The Morgan fingerprint density at radius 1 is 1.11 bits per heavy atom. The highest BCUT2D eigenvalue weighted by molar-refractivity contribution is 5.34. The van der Waals surface area contributed by atoms with Crippen LogP contribution in [-0.2, 0) is 11.7 Å². The third-order valence-electron chi connectivity index (χ3n) is 4.56. The minimum Gasteiger partial charge on any atom is -0.321 e. The van der Waals surface area contributed by atoms with Gasteiger partial charge in [-0.1, -0.05) is 18.6 Å². The van der Waals surface area contributed by atoms with Crippen LogP contribution in [0.15, 0.2) is 24.3 Å². The molecule has 2 saturated carbocycles. The van der Waals surface area contributed by atoms with E-state index in [1.54, 1.807) is 6.07 Å². The molecule has 3 rings (SSSR count). The van der Waals surface area contributed by atoms with Crippen molar-refractivity contribution in [2.24, 2.45) is 11.1 Å². The molecule has 2 N–H and O–H groups in total. The lowest BCUT2D eigenvalue weighted by atomic mass is 9.47. The van der Waals surface area contributed by atoms with E-state index in [0.717, 1.165) is 18.9 Å². The molecule has 0 aliphatic heterocycles. The molecule has 0 unspecified atom stereocenters. The second-order valence-electron chi connectivity index (χ2n) is 5.94. The van der Waals surface area contributed by atoms with Gasteiger partial charge in [0.15, 0.2) is 0 Å². The molecular formula is C14H16F3N. The van der Waals surface area contributed by atoms with E-state index in [0.29, 0.717) is 11.0 Å². The van der Waals surface area contributed by atoms with Crippen molar-refractivity contribution in [2.75, 3.05) is 0 Å². The van der Waals surface area contributed by atoms with Gasteiger partial charge in [-0.25, -0.2) is 0 Å². The van der Waals surface area contributed by atoms with Crippen LogP contribution in [-0.4, -0.2) is 0 Å². The van der Waals surface area contributed by atoms with E-state index < -0.39 is 17.3 Å². The standard InChI is InChI=1S/C14H16F3N/c15-14(16,17)11-4-1-3-10(7-11)13(18)8-12(9-13)5-2-6-12/h1,3-4,7H,2,5-6,8-9,18H2. The number of nitrogens with two attached hydrogens (primary N) is 1. The molecule has 0 atom stereocenters. The molecular weight excluding hydrogens is 239 g/mol. The van der Waals surface area contributed by atoms with Crippen molar-refractivity contribution in [1.82, 2.24) is 0 Å². The SMILES string of the molecule is NC1(c2cccc(C(F)(F)F)c2)CC2(CCC2)C1. The third-order valence-corrected chi connectivity index (χ3v) is 4.56. The highest BCUT2D eigenvalue weighted by Crippen LogP contribution is 2.62. The number of alkyl halides is 3. The zero-order valence-electron chi connectivity index (χ0n) is 10.1. The lowest BCUT2D eigenvalue weighted by Gasteiger charge is -2.60. The molecule has 0 aromatic heterocycles. The average Bonchev–Trinajstić information content (AvgIpc) is 2.21. The molecule has 0 saturated heterocycles. The lowest BCUT2D eigenvalue weighted by Crippen LogP contribution is -2.58. The van der Waals surface area contributed by atoms with E-state index in [2.05, 4.69) is 0 Å². The fourth-order valence-electron chi connectivity index (χ4n) is 3.53. The Bertz CT molecular complexity index is 466. The van der Waals surface area contributed by atoms with Crippen LogP contribution in [0.25, 0.3) is 0 Å². The molecule has 18 heavy (non-hydrogen) atoms. The summed E-state index contributed by atoms with van der Waals surface area (Å²) in [6.45, 7) is 0. The summed E-state index contributed by atoms with van der Waals surface area (Å²) in [7, 11) is 0. The summed E-state index contributed by atoms with van der Waals surface area (Å²) >= 11 is 0. The summed E-state index contributed by atoms with van der Waals surface area (Å²) in [6.07, 6.45) is 0.987. The Kier molecular flexibility index (Phi) is 2.34. The lowest BCUT2D eigenvalue weighted by molar-refractivity contribution is -0.137. The van der Waals surface area contributed by atoms with Gasteiger partial charge in [0.1, 0.15) is 0 Å². The molecule has 98 valence electrons. The predicted molar refractivity (Wildman–Crippen MR) is 62.8 cm³/mol. The predicted octanol–water partition coefficient (Wildman–Crippen LogP) is 3.82. The first kappa shape index (κ1) is 12.0. The van der Waals surface area contributed by atoms with Gasteiger partial charge in [-0.05, 0) is 48.8 Å². The summed E-state index contributed by atoms with van der Waals surface area (Å²) in [6, 6.07) is 5.50. The molecule has 1 aromatic rings. The van der Waals surface area contributed by atoms with Gasteiger partial charge in [0.05, 0.1) is 5.56 Å². The van der Waals surface area contributed by atoms with Crippen molar-refractivity contribution >= 4 is 0 Å². The number of benzene rings is 1. The first-order valence-corrected chi connectivity index (χ1v) is 6.30. The van der Waals surface area contributed by atoms with E-state index in [1.165, 1.54) is 31.4 Å². The van der Waals surface area contributed by atoms with E-state index in [4.69, 9.17) is 5.73 Å². The van der Waals surface area contributed by atoms with Crippen LogP contribution in [0.4, 0.5) is 13.2 Å². The number of halogens is 3. The summed E-state index contributed by atoms with van der Waals surface area (Å²) < 4.78 is 38.0. The maximum atomic E-state index is 12.7. The Labute approximate surface area is 104 Å². The molecule has 0 amide bonds. The van der Waals surface area contributed by atoms with Crippen molar-refractivity contribution in [1.29, 1.82) is 0 Å². The molecule has 2 aliphatic carbocycles. The first-order valence-electron chi connectivity index (χ1n) is 6.30. The van der Waals surface area contributed by atoms with Crippen molar-refractivity contribution in [2.45, 2.75) is 43.8 Å². The Morgan fingerprint density at radius 2 is 1.78 bits per heavy atom. The van der Waals surface area contributed by atoms with Crippen LogP contribution < -0.4 is 5.73 Å². The number of hydrogen-bond donors (Lipinski definition) is 1. The van der Waals surface area contributed by atoms with Gasteiger partial charge in [-0.15, -0.1) is 0 Å². The quantitative estimate of drug-likeness (QED) is 0.811. The molecule has 2 aliphatic rings. The normalized spacial score (nSPS) is 24.4. The average molecular weight is 255 g/mol. The number of hydrogen-bond acceptors (Lipinski definition) is 1. The summed E-state index contributed by atoms with van der Waals surface area (Å²) in [5.41, 5.74) is 6.10. The van der Waals surface area contributed by atoms with E-state index in [-0.39, 0.29) is 0 Å². The maximum absolute atomic E-state index is 12.7. The second-order valence-corrected chi connectivity index (χ2v) is 5.94. The van der Waals surface area contributed by atoms with Gasteiger partial charge in [-0.3, -0.25) is 0 Å². The van der Waals surface area contributed by atoms with Gasteiger partial charge >= 0.3 is 6.18 Å². The van der Waals surface area contributed by atoms with Crippen LogP contribution >= 0.6 is 0 Å². The molecule has 0 bridgehead atoms. The molecule has 0 radical (unpaired) electrons. The zero-order chi connectivity index (χ0) is 13.0. The zero-order valence-corrected chi connectivity index (χ0v) is 10.1. The van der Waals surface area contributed by atoms with E-state index in [9.17, 15) is 13.2 Å². The molecule has 4 heteroatoms. The maximum Gasteiger partial charge on any atom is 0.416 e. The van der Waals surface area contributed by atoms with E-state index >= 15 is 0 Å². The van der Waals surface area contributed by atoms with Crippen LogP contribution in [0.2, 0.25) is 0 Å². The molecule has 2 fully saturated rings.